The molecule has 142 valence electrons. The molecule has 2 aliphatic rings. The average molecular weight is 433 g/mol. The van der Waals surface area contributed by atoms with Gasteiger partial charge in [-0.25, -0.2) is 0 Å². The summed E-state index contributed by atoms with van der Waals surface area (Å²) in [4.78, 5) is 24.7. The molecule has 27 heavy (non-hydrogen) atoms. The third-order valence-corrected chi connectivity index (χ3v) is 5.87. The number of piperidine rings is 1. The molecule has 3 N–H and O–H groups in total. The Bertz CT molecular complexity index is 843. The predicted molar refractivity (Wildman–Crippen MR) is 103 cm³/mol. The van der Waals surface area contributed by atoms with Crippen LogP contribution >= 0.6 is 15.9 Å². The van der Waals surface area contributed by atoms with Gasteiger partial charge in [-0.3, -0.25) is 14.7 Å². The van der Waals surface area contributed by atoms with E-state index in [-0.39, 0.29) is 23.4 Å². The van der Waals surface area contributed by atoms with Crippen LogP contribution in [0, 0.1) is 5.41 Å². The Morgan fingerprint density at radius 1 is 1.30 bits per heavy atom. The average Bonchev–Trinajstić information content (AvgIpc) is 3.27. The van der Waals surface area contributed by atoms with Crippen molar-refractivity contribution in [2.24, 2.45) is 5.41 Å². The highest BCUT2D eigenvalue weighted by Crippen LogP contribution is 2.41. The van der Waals surface area contributed by atoms with Crippen LogP contribution in [0.15, 0.2) is 34.8 Å². The summed E-state index contributed by atoms with van der Waals surface area (Å²) in [6.45, 7) is 1.98. The number of esters is 1. The van der Waals surface area contributed by atoms with E-state index in [1.54, 1.807) is 6.07 Å². The van der Waals surface area contributed by atoms with Crippen LogP contribution in [-0.4, -0.2) is 47.8 Å². The molecular weight excluding hydrogens is 412 g/mol. The molecule has 4 rings (SSSR count). The number of halogens is 1. The van der Waals surface area contributed by atoms with Gasteiger partial charge >= 0.3 is 5.97 Å². The molecule has 1 atom stereocenters. The molecule has 1 aromatic carbocycles. The molecule has 1 unspecified atom stereocenters. The Kier molecular flexibility index (Phi) is 5.01. The molecule has 0 aliphatic carbocycles. The Morgan fingerprint density at radius 2 is 2.04 bits per heavy atom. The monoisotopic (exact) mass is 432 g/mol. The predicted octanol–water partition coefficient (Wildman–Crippen LogP) is 2.25. The van der Waals surface area contributed by atoms with Crippen molar-refractivity contribution in [1.29, 1.82) is 0 Å². The standard InChI is InChI=1S/C19H21BrN4O3/c20-13-3-1-12(2-4-13)15-9-16(24-23-15)17(25)22-11-14-10-19(18(26)27-14)5-7-21-8-6-19/h1-4,9,14,21H,5-8,10-11H2,(H,22,25)(H,23,24). The second kappa shape index (κ2) is 7.44. The van der Waals surface area contributed by atoms with E-state index in [9.17, 15) is 9.59 Å². The second-order valence-electron chi connectivity index (χ2n) is 7.15. The Hall–Kier alpha value is -2.19. The fourth-order valence-corrected chi connectivity index (χ4v) is 4.04. The van der Waals surface area contributed by atoms with E-state index in [0.29, 0.717) is 24.4 Å². The quantitative estimate of drug-likeness (QED) is 0.643. The van der Waals surface area contributed by atoms with Crippen molar-refractivity contribution in [3.05, 3.63) is 40.5 Å². The fraction of sp³-hybridized carbons (Fsp3) is 0.421. The van der Waals surface area contributed by atoms with E-state index < -0.39 is 0 Å². The fourth-order valence-electron chi connectivity index (χ4n) is 3.77. The number of ether oxygens (including phenoxy) is 1. The maximum atomic E-state index is 12.4. The first-order valence-corrected chi connectivity index (χ1v) is 9.86. The lowest BCUT2D eigenvalue weighted by Gasteiger charge is -2.29. The number of carbonyl (C=O) groups is 2. The lowest BCUT2D eigenvalue weighted by molar-refractivity contribution is -0.149. The van der Waals surface area contributed by atoms with Gasteiger partial charge in [0, 0.05) is 16.5 Å². The lowest BCUT2D eigenvalue weighted by Crippen LogP contribution is -2.39. The van der Waals surface area contributed by atoms with Gasteiger partial charge < -0.3 is 15.4 Å². The number of rotatable bonds is 4. The molecule has 3 heterocycles. The van der Waals surface area contributed by atoms with Crippen LogP contribution in [0.2, 0.25) is 0 Å². The summed E-state index contributed by atoms with van der Waals surface area (Å²) in [5, 5.41) is 13.1. The van der Waals surface area contributed by atoms with Crippen molar-refractivity contribution in [3.63, 3.8) is 0 Å². The molecule has 1 amide bonds. The molecule has 2 aromatic rings. The van der Waals surface area contributed by atoms with Gasteiger partial charge in [-0.15, -0.1) is 0 Å². The van der Waals surface area contributed by atoms with Crippen molar-refractivity contribution < 1.29 is 14.3 Å². The van der Waals surface area contributed by atoms with Gasteiger partial charge in [0.2, 0.25) is 0 Å². The summed E-state index contributed by atoms with van der Waals surface area (Å²) in [5.74, 6) is -0.379. The summed E-state index contributed by atoms with van der Waals surface area (Å²) in [7, 11) is 0. The molecule has 2 aliphatic heterocycles. The number of cyclic esters (lactones) is 1. The molecule has 2 fully saturated rings. The number of nitrogens with zero attached hydrogens (tertiary/aromatic N) is 1. The highest BCUT2D eigenvalue weighted by Gasteiger charge is 2.49. The Morgan fingerprint density at radius 3 is 2.78 bits per heavy atom. The Balaban J connectivity index is 1.35. The summed E-state index contributed by atoms with van der Waals surface area (Å²) >= 11 is 3.40. The molecule has 8 heteroatoms. The summed E-state index contributed by atoms with van der Waals surface area (Å²) < 4.78 is 6.50. The number of amides is 1. The number of H-pyrrole nitrogens is 1. The van der Waals surface area contributed by atoms with Gasteiger partial charge in [-0.05, 0) is 44.1 Å². The van der Waals surface area contributed by atoms with Gasteiger partial charge in [0.25, 0.3) is 5.91 Å². The molecular formula is C19H21BrN4O3. The third-order valence-electron chi connectivity index (χ3n) is 5.34. The highest BCUT2D eigenvalue weighted by atomic mass is 79.9. The van der Waals surface area contributed by atoms with Crippen LogP contribution in [0.4, 0.5) is 0 Å². The van der Waals surface area contributed by atoms with Crippen LogP contribution < -0.4 is 10.6 Å². The van der Waals surface area contributed by atoms with E-state index in [1.165, 1.54) is 0 Å². The molecule has 2 saturated heterocycles. The van der Waals surface area contributed by atoms with E-state index in [1.807, 2.05) is 24.3 Å². The highest BCUT2D eigenvalue weighted by molar-refractivity contribution is 9.10. The minimum Gasteiger partial charge on any atom is -0.460 e. The summed E-state index contributed by atoms with van der Waals surface area (Å²) in [6.07, 6.45) is 2.00. The largest absolute Gasteiger partial charge is 0.460 e. The van der Waals surface area contributed by atoms with Gasteiger partial charge in [0.15, 0.2) is 0 Å². The van der Waals surface area contributed by atoms with E-state index >= 15 is 0 Å². The molecule has 0 bridgehead atoms. The third kappa shape index (κ3) is 3.77. The lowest BCUT2D eigenvalue weighted by atomic mass is 9.76. The molecule has 0 saturated carbocycles. The van der Waals surface area contributed by atoms with Gasteiger partial charge in [0.1, 0.15) is 11.8 Å². The number of carbonyl (C=O) groups excluding carboxylic acids is 2. The zero-order valence-electron chi connectivity index (χ0n) is 14.8. The normalized spacial score (nSPS) is 21.2. The SMILES string of the molecule is O=C(NCC1CC2(CCNCC2)C(=O)O1)c1cc(-c2ccc(Br)cc2)n[nH]1. The van der Waals surface area contributed by atoms with Gasteiger partial charge in [0.05, 0.1) is 17.7 Å². The maximum Gasteiger partial charge on any atom is 0.312 e. The topological polar surface area (TPSA) is 96.1 Å². The van der Waals surface area contributed by atoms with Crippen molar-refractivity contribution >= 4 is 27.8 Å². The number of nitrogens with one attached hydrogen (secondary N) is 3. The van der Waals surface area contributed by atoms with Crippen LogP contribution in [-0.2, 0) is 9.53 Å². The van der Waals surface area contributed by atoms with Crippen molar-refractivity contribution in [2.75, 3.05) is 19.6 Å². The smallest absolute Gasteiger partial charge is 0.312 e. The molecule has 1 aromatic heterocycles. The van der Waals surface area contributed by atoms with Crippen molar-refractivity contribution in [1.82, 2.24) is 20.8 Å². The van der Waals surface area contributed by atoms with E-state index in [2.05, 4.69) is 36.8 Å². The van der Waals surface area contributed by atoms with Crippen LogP contribution in [0.1, 0.15) is 29.8 Å². The zero-order chi connectivity index (χ0) is 18.9. The molecule has 1 spiro atoms. The first-order valence-electron chi connectivity index (χ1n) is 9.07. The number of aromatic nitrogens is 2. The summed E-state index contributed by atoms with van der Waals surface area (Å²) in [6, 6.07) is 9.42. The first kappa shape index (κ1) is 18.2. The van der Waals surface area contributed by atoms with Crippen LogP contribution in [0.25, 0.3) is 11.3 Å². The van der Waals surface area contributed by atoms with Crippen LogP contribution in [0.5, 0.6) is 0 Å². The minimum atomic E-state index is -0.372. The Labute approximate surface area is 165 Å². The van der Waals surface area contributed by atoms with Crippen LogP contribution in [0.3, 0.4) is 0 Å². The maximum absolute atomic E-state index is 12.4. The van der Waals surface area contributed by atoms with Gasteiger partial charge in [-0.1, -0.05) is 28.1 Å². The molecule has 0 radical (unpaired) electrons. The second-order valence-corrected chi connectivity index (χ2v) is 8.06. The number of aromatic amines is 1. The number of hydrogen-bond acceptors (Lipinski definition) is 5. The summed E-state index contributed by atoms with van der Waals surface area (Å²) in [5.41, 5.74) is 1.64. The number of benzene rings is 1. The van der Waals surface area contributed by atoms with Crippen molar-refractivity contribution in [3.8, 4) is 11.3 Å². The van der Waals surface area contributed by atoms with Crippen molar-refractivity contribution in [2.45, 2.75) is 25.4 Å². The van der Waals surface area contributed by atoms with Gasteiger partial charge in [-0.2, -0.15) is 5.10 Å². The molecule has 7 nitrogen and oxygen atoms in total. The van der Waals surface area contributed by atoms with E-state index in [4.69, 9.17) is 4.74 Å². The minimum absolute atomic E-state index is 0.123. The first-order chi connectivity index (χ1) is 13.1. The number of hydrogen-bond donors (Lipinski definition) is 3. The van der Waals surface area contributed by atoms with E-state index in [0.717, 1.165) is 36.0 Å². The zero-order valence-corrected chi connectivity index (χ0v) is 16.3.